The van der Waals surface area contributed by atoms with E-state index in [1.165, 1.54) is 13.0 Å². The number of hydrogen-bond donors (Lipinski definition) is 1. The van der Waals surface area contributed by atoms with E-state index in [1.807, 2.05) is 6.92 Å². The van der Waals surface area contributed by atoms with Crippen LogP contribution in [0.1, 0.15) is 20.3 Å². The molecule has 4 nitrogen and oxygen atoms in total. The van der Waals surface area contributed by atoms with E-state index in [2.05, 4.69) is 17.1 Å². The minimum Gasteiger partial charge on any atom is -0.380 e. The summed E-state index contributed by atoms with van der Waals surface area (Å²) in [5, 5.41) is 3.47. The van der Waals surface area contributed by atoms with Crippen molar-refractivity contribution in [1.82, 2.24) is 10.2 Å². The summed E-state index contributed by atoms with van der Waals surface area (Å²) in [5.74, 6) is 0. The molecule has 1 aliphatic heterocycles. The Morgan fingerprint density at radius 1 is 1.38 bits per heavy atom. The molecule has 0 aromatic heterocycles. The molecule has 1 atom stereocenters. The van der Waals surface area contributed by atoms with Gasteiger partial charge in [-0.2, -0.15) is 0 Å². The van der Waals surface area contributed by atoms with Gasteiger partial charge in [-0.1, -0.05) is 0 Å². The highest BCUT2D eigenvalue weighted by atomic mass is 16.5. The van der Waals surface area contributed by atoms with Gasteiger partial charge in [0.25, 0.3) is 0 Å². The van der Waals surface area contributed by atoms with Gasteiger partial charge in [0.2, 0.25) is 0 Å². The van der Waals surface area contributed by atoms with Gasteiger partial charge in [-0.3, -0.25) is 4.90 Å². The van der Waals surface area contributed by atoms with Crippen LogP contribution in [-0.2, 0) is 9.47 Å². The molecule has 1 rings (SSSR count). The van der Waals surface area contributed by atoms with Crippen LogP contribution in [0, 0.1) is 0 Å². The Kier molecular flexibility index (Phi) is 7.76. The normalized spacial score (nSPS) is 19.9. The van der Waals surface area contributed by atoms with Crippen LogP contribution in [0.5, 0.6) is 0 Å². The minimum atomic E-state index is 0.463. The number of rotatable bonds is 8. The average molecular weight is 230 g/mol. The van der Waals surface area contributed by atoms with Crippen molar-refractivity contribution in [1.29, 1.82) is 0 Å². The first kappa shape index (κ1) is 13.9. The van der Waals surface area contributed by atoms with Crippen molar-refractivity contribution in [2.24, 2.45) is 0 Å². The molecule has 0 spiro atoms. The Hall–Kier alpha value is -0.160. The molecule has 1 fully saturated rings. The lowest BCUT2D eigenvalue weighted by Crippen LogP contribution is -2.38. The first-order chi connectivity index (χ1) is 7.83. The number of ether oxygens (including phenoxy) is 2. The summed E-state index contributed by atoms with van der Waals surface area (Å²) in [4.78, 5) is 2.47. The first-order valence-corrected chi connectivity index (χ1v) is 6.44. The van der Waals surface area contributed by atoms with Gasteiger partial charge >= 0.3 is 0 Å². The van der Waals surface area contributed by atoms with Crippen molar-refractivity contribution in [3.05, 3.63) is 0 Å². The van der Waals surface area contributed by atoms with Crippen molar-refractivity contribution < 1.29 is 9.47 Å². The SMILES string of the molecule is CCOCC(C)NCCCN1CCOCC1. The molecule has 1 aliphatic rings. The number of hydrogen-bond acceptors (Lipinski definition) is 4. The summed E-state index contributed by atoms with van der Waals surface area (Å²) in [5.41, 5.74) is 0. The van der Waals surface area contributed by atoms with Crippen molar-refractivity contribution in [3.8, 4) is 0 Å². The van der Waals surface area contributed by atoms with Crippen LogP contribution in [0.25, 0.3) is 0 Å². The fourth-order valence-electron chi connectivity index (χ4n) is 1.83. The van der Waals surface area contributed by atoms with Crippen LogP contribution in [0.4, 0.5) is 0 Å². The van der Waals surface area contributed by atoms with Crippen LogP contribution >= 0.6 is 0 Å². The predicted octanol–water partition coefficient (Wildman–Crippen LogP) is 0.723. The van der Waals surface area contributed by atoms with Gasteiger partial charge in [0.05, 0.1) is 19.8 Å². The number of nitrogens with one attached hydrogen (secondary N) is 1. The number of morpholine rings is 1. The van der Waals surface area contributed by atoms with E-state index in [-0.39, 0.29) is 0 Å². The highest BCUT2D eigenvalue weighted by Crippen LogP contribution is 1.97. The van der Waals surface area contributed by atoms with Crippen molar-refractivity contribution in [2.75, 3.05) is 52.6 Å². The number of nitrogens with zero attached hydrogens (tertiary/aromatic N) is 1. The summed E-state index contributed by atoms with van der Waals surface area (Å²) < 4.78 is 10.7. The van der Waals surface area contributed by atoms with E-state index in [0.29, 0.717) is 6.04 Å². The van der Waals surface area contributed by atoms with Gasteiger partial charge in [-0.15, -0.1) is 0 Å². The van der Waals surface area contributed by atoms with E-state index < -0.39 is 0 Å². The molecular weight excluding hydrogens is 204 g/mol. The molecule has 1 N–H and O–H groups in total. The molecule has 0 saturated carbocycles. The van der Waals surface area contributed by atoms with Crippen molar-refractivity contribution >= 4 is 0 Å². The highest BCUT2D eigenvalue weighted by Gasteiger charge is 2.09. The van der Waals surface area contributed by atoms with E-state index in [9.17, 15) is 0 Å². The third-order valence-corrected chi connectivity index (χ3v) is 2.82. The van der Waals surface area contributed by atoms with Gasteiger partial charge < -0.3 is 14.8 Å². The second-order valence-electron chi connectivity index (χ2n) is 4.32. The van der Waals surface area contributed by atoms with Crippen LogP contribution < -0.4 is 5.32 Å². The maximum atomic E-state index is 5.35. The van der Waals surface area contributed by atoms with Gasteiger partial charge in [-0.05, 0) is 33.4 Å². The fourth-order valence-corrected chi connectivity index (χ4v) is 1.83. The van der Waals surface area contributed by atoms with E-state index in [4.69, 9.17) is 9.47 Å². The van der Waals surface area contributed by atoms with E-state index in [0.717, 1.165) is 46.1 Å². The first-order valence-electron chi connectivity index (χ1n) is 6.44. The summed E-state index contributed by atoms with van der Waals surface area (Å²) in [6, 6.07) is 0.463. The lowest BCUT2D eigenvalue weighted by atomic mass is 10.3. The fraction of sp³-hybridized carbons (Fsp3) is 1.00. The maximum absolute atomic E-state index is 5.35. The van der Waals surface area contributed by atoms with Gasteiger partial charge in [0, 0.05) is 25.7 Å². The van der Waals surface area contributed by atoms with Crippen LogP contribution in [0.15, 0.2) is 0 Å². The molecule has 0 amide bonds. The molecule has 0 bridgehead atoms. The van der Waals surface area contributed by atoms with Gasteiger partial charge in [-0.25, -0.2) is 0 Å². The summed E-state index contributed by atoms with van der Waals surface area (Å²) in [6.07, 6.45) is 1.20. The zero-order chi connectivity index (χ0) is 11.6. The molecule has 0 aromatic carbocycles. The molecule has 96 valence electrons. The Bertz CT molecular complexity index is 161. The van der Waals surface area contributed by atoms with Crippen molar-refractivity contribution in [3.63, 3.8) is 0 Å². The molecule has 16 heavy (non-hydrogen) atoms. The predicted molar refractivity (Wildman–Crippen MR) is 65.8 cm³/mol. The Morgan fingerprint density at radius 3 is 2.81 bits per heavy atom. The molecule has 0 radical (unpaired) electrons. The highest BCUT2D eigenvalue weighted by molar-refractivity contribution is 4.64. The Balaban J connectivity index is 1.90. The molecule has 1 unspecified atom stereocenters. The molecule has 1 saturated heterocycles. The molecule has 4 heteroatoms. The molecule has 1 heterocycles. The monoisotopic (exact) mass is 230 g/mol. The van der Waals surface area contributed by atoms with Crippen molar-refractivity contribution in [2.45, 2.75) is 26.3 Å². The largest absolute Gasteiger partial charge is 0.380 e. The van der Waals surface area contributed by atoms with Gasteiger partial charge in [0.15, 0.2) is 0 Å². The molecule has 0 aromatic rings. The average Bonchev–Trinajstić information content (AvgIpc) is 2.33. The van der Waals surface area contributed by atoms with E-state index >= 15 is 0 Å². The van der Waals surface area contributed by atoms with Crippen LogP contribution in [0.2, 0.25) is 0 Å². The zero-order valence-corrected chi connectivity index (χ0v) is 10.7. The van der Waals surface area contributed by atoms with E-state index in [1.54, 1.807) is 0 Å². The smallest absolute Gasteiger partial charge is 0.0616 e. The lowest BCUT2D eigenvalue weighted by molar-refractivity contribution is 0.0372. The second-order valence-corrected chi connectivity index (χ2v) is 4.32. The molecular formula is C12H26N2O2. The van der Waals surface area contributed by atoms with Crippen LogP contribution in [0.3, 0.4) is 0 Å². The molecule has 0 aliphatic carbocycles. The Morgan fingerprint density at radius 2 is 2.12 bits per heavy atom. The quantitative estimate of drug-likeness (QED) is 0.623. The maximum Gasteiger partial charge on any atom is 0.0616 e. The Labute approximate surface area is 99.3 Å². The third kappa shape index (κ3) is 6.43. The van der Waals surface area contributed by atoms with Gasteiger partial charge in [0.1, 0.15) is 0 Å². The second kappa shape index (κ2) is 8.93. The van der Waals surface area contributed by atoms with Crippen LogP contribution in [-0.4, -0.2) is 63.5 Å². The summed E-state index contributed by atoms with van der Waals surface area (Å²) in [6.45, 7) is 12.1. The minimum absolute atomic E-state index is 0.463. The summed E-state index contributed by atoms with van der Waals surface area (Å²) in [7, 11) is 0. The topological polar surface area (TPSA) is 33.7 Å². The summed E-state index contributed by atoms with van der Waals surface area (Å²) >= 11 is 0. The third-order valence-electron chi connectivity index (χ3n) is 2.82. The zero-order valence-electron chi connectivity index (χ0n) is 10.7. The standard InChI is InChI=1S/C12H26N2O2/c1-3-15-11-12(2)13-5-4-6-14-7-9-16-10-8-14/h12-13H,3-11H2,1-2H3. The lowest BCUT2D eigenvalue weighted by Gasteiger charge is -2.26.